The molecule has 6 rings (SSSR count). The molecule has 0 spiro atoms. The summed E-state index contributed by atoms with van der Waals surface area (Å²) in [7, 11) is 0. The molecule has 1 saturated heterocycles. The molecular weight excluding hydrogens is 582 g/mol. The molecule has 222 valence electrons. The van der Waals surface area contributed by atoms with E-state index in [1.165, 1.54) is 17.3 Å². The third-order valence-corrected chi connectivity index (χ3v) is 8.69. The number of ether oxygens (including phenoxy) is 1. The zero-order valence-electron chi connectivity index (χ0n) is 23.4. The number of nitriles is 1. The Balaban J connectivity index is 1.50. The van der Waals surface area contributed by atoms with E-state index in [1.54, 1.807) is 30.2 Å². The Bertz CT molecular complexity index is 1890. The Morgan fingerprint density at radius 3 is 2.65 bits per heavy atom. The molecule has 1 fully saturated rings. The van der Waals surface area contributed by atoms with Crippen molar-refractivity contribution in [2.75, 3.05) is 25.0 Å². The first-order valence-corrected chi connectivity index (χ1v) is 14.3. The van der Waals surface area contributed by atoms with Gasteiger partial charge in [-0.15, -0.1) is 11.3 Å². The number of benzene rings is 2. The van der Waals surface area contributed by atoms with E-state index in [1.807, 2.05) is 6.07 Å². The third-order valence-electron chi connectivity index (χ3n) is 7.57. The van der Waals surface area contributed by atoms with Crippen LogP contribution < -0.4 is 5.32 Å². The second-order valence-electron chi connectivity index (χ2n) is 11.4. The molecule has 2 aliphatic heterocycles. The number of nitrogens with one attached hydrogen (secondary N) is 1. The number of carboxylic acid groups (broad SMARTS) is 1. The number of halogens is 2. The third kappa shape index (κ3) is 4.79. The number of anilines is 1. The number of rotatable bonds is 2. The molecule has 0 aliphatic carbocycles. The average Bonchev–Trinajstić information content (AvgIpc) is 3.51. The van der Waals surface area contributed by atoms with Gasteiger partial charge in [-0.2, -0.15) is 5.26 Å². The van der Waals surface area contributed by atoms with Crippen LogP contribution in [0.15, 0.2) is 24.5 Å². The molecule has 1 atom stereocenters. The van der Waals surface area contributed by atoms with Crippen molar-refractivity contribution in [3.63, 3.8) is 0 Å². The van der Waals surface area contributed by atoms with Gasteiger partial charge in [-0.25, -0.2) is 23.4 Å². The molecular formula is C29H26F2N6O5S. The molecule has 0 saturated carbocycles. The number of carbonyl (C=O) groups is 3. The van der Waals surface area contributed by atoms with Crippen molar-refractivity contribution in [1.82, 2.24) is 19.4 Å². The molecule has 2 N–H and O–H groups in total. The zero-order valence-corrected chi connectivity index (χ0v) is 24.2. The van der Waals surface area contributed by atoms with E-state index in [-0.39, 0.29) is 68.5 Å². The van der Waals surface area contributed by atoms with Crippen LogP contribution in [0.25, 0.3) is 32.2 Å². The first-order chi connectivity index (χ1) is 20.4. The Labute approximate surface area is 247 Å². The average molecular weight is 609 g/mol. The molecule has 0 unspecified atom stereocenters. The minimum absolute atomic E-state index is 0.0127. The fourth-order valence-electron chi connectivity index (χ4n) is 5.77. The molecule has 11 nitrogen and oxygen atoms in total. The lowest BCUT2D eigenvalue weighted by atomic mass is 9.94. The van der Waals surface area contributed by atoms with E-state index < -0.39 is 35.3 Å². The predicted octanol–water partition coefficient (Wildman–Crippen LogP) is 5.62. The number of aryl methyl sites for hydroxylation is 1. The highest BCUT2D eigenvalue weighted by Crippen LogP contribution is 2.45. The Hall–Kier alpha value is -4.77. The van der Waals surface area contributed by atoms with Crippen molar-refractivity contribution in [3.8, 4) is 17.2 Å². The zero-order chi connectivity index (χ0) is 30.8. The van der Waals surface area contributed by atoms with Crippen LogP contribution in [0.3, 0.4) is 0 Å². The summed E-state index contributed by atoms with van der Waals surface area (Å²) in [5.41, 5.74) is -0.0799. The highest BCUT2D eigenvalue weighted by molar-refractivity contribution is 7.23. The maximum absolute atomic E-state index is 16.2. The molecule has 2 aliphatic rings. The molecule has 2 aromatic heterocycles. The molecule has 43 heavy (non-hydrogen) atoms. The number of hydrogen-bond acceptors (Lipinski definition) is 7. The first-order valence-electron chi connectivity index (χ1n) is 13.5. The largest absolute Gasteiger partial charge is 0.465 e. The van der Waals surface area contributed by atoms with Crippen molar-refractivity contribution < 1.29 is 33.0 Å². The van der Waals surface area contributed by atoms with Crippen LogP contribution in [0, 0.1) is 23.0 Å². The van der Waals surface area contributed by atoms with E-state index in [0.717, 1.165) is 23.5 Å². The highest BCUT2D eigenvalue weighted by Gasteiger charge is 2.37. The van der Waals surface area contributed by atoms with Crippen LogP contribution in [-0.4, -0.2) is 73.8 Å². The van der Waals surface area contributed by atoms with Gasteiger partial charge in [-0.3, -0.25) is 10.1 Å². The maximum atomic E-state index is 16.2. The van der Waals surface area contributed by atoms with Gasteiger partial charge < -0.3 is 24.2 Å². The highest BCUT2D eigenvalue weighted by atomic mass is 32.1. The number of fused-ring (bicyclic) bond motifs is 2. The minimum atomic E-state index is -1.06. The number of aromatic nitrogens is 2. The summed E-state index contributed by atoms with van der Waals surface area (Å²) in [6.07, 6.45) is 0.0593. The molecule has 0 bridgehead atoms. The van der Waals surface area contributed by atoms with E-state index in [9.17, 15) is 24.8 Å². The van der Waals surface area contributed by atoms with Crippen molar-refractivity contribution in [1.29, 1.82) is 5.26 Å². The van der Waals surface area contributed by atoms with Crippen molar-refractivity contribution in [2.45, 2.75) is 45.4 Å². The van der Waals surface area contributed by atoms with Crippen LogP contribution in [-0.2, 0) is 11.3 Å². The van der Waals surface area contributed by atoms with Gasteiger partial charge in [0.1, 0.15) is 33.8 Å². The molecule has 4 heterocycles. The van der Waals surface area contributed by atoms with E-state index >= 15 is 8.78 Å². The number of piperazine rings is 1. The summed E-state index contributed by atoms with van der Waals surface area (Å²) >= 11 is 0.831. The second-order valence-corrected chi connectivity index (χ2v) is 12.5. The predicted molar refractivity (Wildman–Crippen MR) is 154 cm³/mol. The van der Waals surface area contributed by atoms with Crippen molar-refractivity contribution >= 4 is 55.6 Å². The number of amides is 3. The van der Waals surface area contributed by atoms with Crippen LogP contribution in [0.5, 0.6) is 0 Å². The van der Waals surface area contributed by atoms with E-state index in [4.69, 9.17) is 4.74 Å². The summed E-state index contributed by atoms with van der Waals surface area (Å²) in [6, 6.07) is 5.26. The fraction of sp³-hybridized carbons (Fsp3) is 0.345. The quantitative estimate of drug-likeness (QED) is 0.301. The lowest BCUT2D eigenvalue weighted by Gasteiger charge is -2.41. The van der Waals surface area contributed by atoms with E-state index in [2.05, 4.69) is 10.3 Å². The summed E-state index contributed by atoms with van der Waals surface area (Å²) in [4.78, 5) is 45.1. The summed E-state index contributed by atoms with van der Waals surface area (Å²) in [5.74, 6) is -1.90. The minimum Gasteiger partial charge on any atom is -0.465 e. The van der Waals surface area contributed by atoms with Gasteiger partial charge in [-0.1, -0.05) is 6.07 Å². The smallest absolute Gasteiger partial charge is 0.412 e. The number of thiophene rings is 1. The Morgan fingerprint density at radius 2 is 1.95 bits per heavy atom. The van der Waals surface area contributed by atoms with Crippen LogP contribution in [0.4, 0.5) is 23.4 Å². The summed E-state index contributed by atoms with van der Waals surface area (Å²) < 4.78 is 38.4. The summed E-state index contributed by atoms with van der Waals surface area (Å²) in [6.45, 7) is 5.88. The second kappa shape index (κ2) is 10.2. The number of imidazole rings is 1. The molecule has 14 heteroatoms. The lowest BCUT2D eigenvalue weighted by Crippen LogP contribution is -2.57. The normalized spacial score (nSPS) is 16.9. The van der Waals surface area contributed by atoms with Crippen molar-refractivity contribution in [3.05, 3.63) is 47.3 Å². The van der Waals surface area contributed by atoms with Crippen LogP contribution in [0.1, 0.15) is 43.1 Å². The number of hydrogen-bond donors (Lipinski definition) is 2. The van der Waals surface area contributed by atoms with Gasteiger partial charge in [0.2, 0.25) is 0 Å². The molecule has 0 radical (unpaired) electrons. The molecule has 4 aromatic rings. The van der Waals surface area contributed by atoms with Gasteiger partial charge >= 0.3 is 12.2 Å². The lowest BCUT2D eigenvalue weighted by molar-refractivity contribution is 0.0420. The number of carbonyl (C=O) groups excluding carboxylic acids is 2. The standard InChI is InChI=1S/C29H26F2N6O5S/c1-29(2,3)42-27(39)34-25-17(11-32)20-15(4-5-18(30)24(20)43-25)21-19(31)10-16-23-22(21)33-13-36(23)7-6-14-12-35(28(40)41)8-9-37(14)26(16)38/h4-5,10,13-14H,6-9,12H2,1-3H3,(H,34,39)(H,40,41)/t14-/m1/s1. The van der Waals surface area contributed by atoms with E-state index in [0.29, 0.717) is 18.5 Å². The van der Waals surface area contributed by atoms with Gasteiger partial charge in [0, 0.05) is 37.1 Å². The maximum Gasteiger partial charge on any atom is 0.412 e. The molecule has 3 amide bonds. The van der Waals surface area contributed by atoms with Crippen LogP contribution in [0.2, 0.25) is 0 Å². The first kappa shape index (κ1) is 28.4. The Kier molecular flexibility index (Phi) is 6.72. The van der Waals surface area contributed by atoms with Crippen molar-refractivity contribution in [2.24, 2.45) is 0 Å². The van der Waals surface area contributed by atoms with Gasteiger partial charge in [0.25, 0.3) is 5.91 Å². The van der Waals surface area contributed by atoms with Gasteiger partial charge in [0.05, 0.1) is 33.7 Å². The van der Waals surface area contributed by atoms with Gasteiger partial charge in [0.15, 0.2) is 0 Å². The number of nitrogens with zero attached hydrogens (tertiary/aromatic N) is 5. The fourth-order valence-corrected chi connectivity index (χ4v) is 6.84. The molecule has 2 aromatic carbocycles. The SMILES string of the molecule is CC(C)(C)OC(=O)Nc1sc2c(F)ccc(-c3c(F)cc4c5c3ncn5CC[C@@H]3CN(C(=O)O)CCN3C4=O)c2c1C#N. The Morgan fingerprint density at radius 1 is 1.19 bits per heavy atom. The van der Waals surface area contributed by atoms with Crippen LogP contribution >= 0.6 is 11.3 Å². The summed E-state index contributed by atoms with van der Waals surface area (Å²) in [5, 5.41) is 22.2. The topological polar surface area (TPSA) is 141 Å². The van der Waals surface area contributed by atoms with Gasteiger partial charge in [-0.05, 0) is 44.9 Å². The monoisotopic (exact) mass is 608 g/mol.